The molecule has 1 amide bonds. The monoisotopic (exact) mass is 371 g/mol. The Morgan fingerprint density at radius 1 is 1.04 bits per heavy atom. The minimum atomic E-state index is 0.226. The predicted molar refractivity (Wildman–Crippen MR) is 107 cm³/mol. The molecule has 4 heterocycles. The van der Waals surface area contributed by atoms with E-state index in [2.05, 4.69) is 37.7 Å². The molecule has 148 valence electrons. The van der Waals surface area contributed by atoms with Crippen LogP contribution in [0.5, 0.6) is 0 Å². The number of likely N-dealkylation sites (tertiary alicyclic amines) is 2. The SMILES string of the molecule is CCc1cc(N2CCC(N3CCC[C@H](C(=O)N4CCCC4)C3)CC2)ncn1. The second-order valence-corrected chi connectivity index (χ2v) is 8.31. The minimum absolute atomic E-state index is 0.226. The van der Waals surface area contributed by atoms with Crippen molar-refractivity contribution in [1.82, 2.24) is 19.8 Å². The first-order chi connectivity index (χ1) is 13.2. The third-order valence-electron chi connectivity index (χ3n) is 6.60. The Balaban J connectivity index is 1.31. The van der Waals surface area contributed by atoms with Crippen molar-refractivity contribution in [3.8, 4) is 0 Å². The highest BCUT2D eigenvalue weighted by molar-refractivity contribution is 5.79. The largest absolute Gasteiger partial charge is 0.356 e. The number of carbonyl (C=O) groups is 1. The Bertz CT molecular complexity index is 637. The van der Waals surface area contributed by atoms with E-state index in [4.69, 9.17) is 0 Å². The van der Waals surface area contributed by atoms with E-state index in [1.807, 2.05) is 0 Å². The third-order valence-corrected chi connectivity index (χ3v) is 6.60. The molecule has 3 fully saturated rings. The lowest BCUT2D eigenvalue weighted by molar-refractivity contribution is -0.136. The number of carbonyl (C=O) groups excluding carboxylic acids is 1. The number of rotatable bonds is 4. The van der Waals surface area contributed by atoms with E-state index in [1.54, 1.807) is 6.33 Å². The summed E-state index contributed by atoms with van der Waals surface area (Å²) in [5.74, 6) is 1.72. The van der Waals surface area contributed by atoms with Crippen LogP contribution in [0.1, 0.15) is 51.1 Å². The number of piperidine rings is 2. The fourth-order valence-electron chi connectivity index (χ4n) is 4.95. The lowest BCUT2D eigenvalue weighted by Crippen LogP contribution is -2.51. The Morgan fingerprint density at radius 2 is 1.81 bits per heavy atom. The normalized spacial score (nSPS) is 25.1. The van der Waals surface area contributed by atoms with Gasteiger partial charge in [-0.2, -0.15) is 0 Å². The number of aromatic nitrogens is 2. The Morgan fingerprint density at radius 3 is 2.56 bits per heavy atom. The lowest BCUT2D eigenvalue weighted by Gasteiger charge is -2.42. The lowest BCUT2D eigenvalue weighted by atomic mass is 9.93. The average molecular weight is 372 g/mol. The van der Waals surface area contributed by atoms with Crippen LogP contribution in [0.3, 0.4) is 0 Å². The van der Waals surface area contributed by atoms with Crippen molar-refractivity contribution in [2.45, 2.75) is 57.9 Å². The molecule has 0 aromatic carbocycles. The van der Waals surface area contributed by atoms with Crippen molar-refractivity contribution in [3.05, 3.63) is 18.1 Å². The van der Waals surface area contributed by atoms with Gasteiger partial charge in [0.15, 0.2) is 0 Å². The Labute approximate surface area is 162 Å². The number of nitrogens with zero attached hydrogens (tertiary/aromatic N) is 5. The zero-order valence-corrected chi connectivity index (χ0v) is 16.6. The van der Waals surface area contributed by atoms with Crippen LogP contribution >= 0.6 is 0 Å². The molecular formula is C21H33N5O. The number of anilines is 1. The zero-order chi connectivity index (χ0) is 18.6. The van der Waals surface area contributed by atoms with Crippen molar-refractivity contribution in [3.63, 3.8) is 0 Å². The van der Waals surface area contributed by atoms with Gasteiger partial charge in [-0.3, -0.25) is 9.69 Å². The number of hydrogen-bond donors (Lipinski definition) is 0. The molecule has 27 heavy (non-hydrogen) atoms. The van der Waals surface area contributed by atoms with E-state index in [1.165, 1.54) is 12.8 Å². The van der Waals surface area contributed by atoms with Crippen LogP contribution in [0.15, 0.2) is 12.4 Å². The van der Waals surface area contributed by atoms with Crippen LogP contribution < -0.4 is 4.90 Å². The van der Waals surface area contributed by atoms with Crippen molar-refractivity contribution in [2.24, 2.45) is 5.92 Å². The fraction of sp³-hybridized carbons (Fsp3) is 0.762. The molecule has 6 nitrogen and oxygen atoms in total. The van der Waals surface area contributed by atoms with Crippen LogP contribution in [-0.2, 0) is 11.2 Å². The van der Waals surface area contributed by atoms with Crippen LogP contribution in [0.2, 0.25) is 0 Å². The minimum Gasteiger partial charge on any atom is -0.356 e. The topological polar surface area (TPSA) is 52.6 Å². The second kappa shape index (κ2) is 8.55. The summed E-state index contributed by atoms with van der Waals surface area (Å²) in [4.78, 5) is 28.7. The smallest absolute Gasteiger partial charge is 0.226 e. The maximum atomic E-state index is 12.8. The molecule has 1 aromatic heterocycles. The van der Waals surface area contributed by atoms with Gasteiger partial charge in [0.1, 0.15) is 12.1 Å². The van der Waals surface area contributed by atoms with Gasteiger partial charge in [0.05, 0.1) is 5.92 Å². The van der Waals surface area contributed by atoms with Crippen LogP contribution in [0.4, 0.5) is 5.82 Å². The number of aryl methyl sites for hydroxylation is 1. The number of hydrogen-bond acceptors (Lipinski definition) is 5. The van der Waals surface area contributed by atoms with E-state index in [9.17, 15) is 4.79 Å². The molecular weight excluding hydrogens is 338 g/mol. The van der Waals surface area contributed by atoms with E-state index >= 15 is 0 Å². The van der Waals surface area contributed by atoms with Crippen molar-refractivity contribution >= 4 is 11.7 Å². The molecule has 0 saturated carbocycles. The molecule has 3 aliphatic heterocycles. The molecule has 0 N–H and O–H groups in total. The van der Waals surface area contributed by atoms with Gasteiger partial charge in [-0.05, 0) is 51.5 Å². The van der Waals surface area contributed by atoms with Gasteiger partial charge >= 0.3 is 0 Å². The highest BCUT2D eigenvalue weighted by Gasteiger charge is 2.34. The first-order valence-corrected chi connectivity index (χ1v) is 10.8. The molecule has 0 radical (unpaired) electrons. The van der Waals surface area contributed by atoms with Crippen molar-refractivity contribution in [2.75, 3.05) is 44.2 Å². The summed E-state index contributed by atoms with van der Waals surface area (Å²) in [7, 11) is 0. The highest BCUT2D eigenvalue weighted by atomic mass is 16.2. The van der Waals surface area contributed by atoms with Gasteiger partial charge in [-0.15, -0.1) is 0 Å². The molecule has 3 saturated heterocycles. The summed E-state index contributed by atoms with van der Waals surface area (Å²) < 4.78 is 0. The van der Waals surface area contributed by atoms with E-state index in [0.717, 1.165) is 82.9 Å². The van der Waals surface area contributed by atoms with Gasteiger partial charge < -0.3 is 9.80 Å². The van der Waals surface area contributed by atoms with Gasteiger partial charge in [-0.25, -0.2) is 9.97 Å². The Hall–Kier alpha value is -1.69. The predicted octanol–water partition coefficient (Wildman–Crippen LogP) is 2.34. The number of amides is 1. The highest BCUT2D eigenvalue weighted by Crippen LogP contribution is 2.27. The maximum absolute atomic E-state index is 12.8. The van der Waals surface area contributed by atoms with Crippen molar-refractivity contribution in [1.29, 1.82) is 0 Å². The molecule has 0 bridgehead atoms. The zero-order valence-electron chi connectivity index (χ0n) is 16.6. The molecule has 6 heteroatoms. The summed E-state index contributed by atoms with van der Waals surface area (Å²) in [5.41, 5.74) is 1.11. The summed E-state index contributed by atoms with van der Waals surface area (Å²) >= 11 is 0. The third kappa shape index (κ3) is 4.26. The molecule has 0 unspecified atom stereocenters. The quantitative estimate of drug-likeness (QED) is 0.813. The van der Waals surface area contributed by atoms with Gasteiger partial charge in [0, 0.05) is 50.5 Å². The summed E-state index contributed by atoms with van der Waals surface area (Å²) in [5, 5.41) is 0. The van der Waals surface area contributed by atoms with Crippen LogP contribution in [0, 0.1) is 5.92 Å². The average Bonchev–Trinajstić information content (AvgIpc) is 3.28. The summed E-state index contributed by atoms with van der Waals surface area (Å²) in [6.07, 6.45) is 9.58. The molecule has 4 rings (SSSR count). The Kier molecular flexibility index (Phi) is 5.91. The van der Waals surface area contributed by atoms with Gasteiger partial charge in [0.2, 0.25) is 5.91 Å². The van der Waals surface area contributed by atoms with Gasteiger partial charge in [0.25, 0.3) is 0 Å². The molecule has 1 aromatic rings. The standard InChI is InChI=1S/C21H33N5O/c1-2-18-14-20(23-16-22-18)24-12-7-19(8-13-24)26-11-5-6-17(15-26)21(27)25-9-3-4-10-25/h14,16-17,19H,2-13,15H2,1H3/t17-/m0/s1. The van der Waals surface area contributed by atoms with E-state index < -0.39 is 0 Å². The maximum Gasteiger partial charge on any atom is 0.226 e. The summed E-state index contributed by atoms with van der Waals surface area (Å²) in [6.45, 7) is 8.31. The van der Waals surface area contributed by atoms with Crippen molar-refractivity contribution < 1.29 is 4.79 Å². The fourth-order valence-corrected chi connectivity index (χ4v) is 4.95. The summed E-state index contributed by atoms with van der Waals surface area (Å²) in [6, 6.07) is 2.74. The van der Waals surface area contributed by atoms with Crippen LogP contribution in [0.25, 0.3) is 0 Å². The molecule has 3 aliphatic rings. The van der Waals surface area contributed by atoms with E-state index in [0.29, 0.717) is 11.9 Å². The first kappa shape index (κ1) is 18.7. The van der Waals surface area contributed by atoms with Gasteiger partial charge in [-0.1, -0.05) is 6.92 Å². The second-order valence-electron chi connectivity index (χ2n) is 8.31. The molecule has 0 spiro atoms. The molecule has 1 atom stereocenters. The van der Waals surface area contributed by atoms with E-state index in [-0.39, 0.29) is 5.92 Å². The first-order valence-electron chi connectivity index (χ1n) is 10.8. The molecule has 0 aliphatic carbocycles. The van der Waals surface area contributed by atoms with Crippen LogP contribution in [-0.4, -0.2) is 71.0 Å².